The van der Waals surface area contributed by atoms with Crippen molar-refractivity contribution in [3.05, 3.63) is 24.3 Å². The molecule has 4 nitrogen and oxygen atoms in total. The van der Waals surface area contributed by atoms with E-state index in [4.69, 9.17) is 7.85 Å². The number of pyridine rings is 1. The maximum Gasteiger partial charge on any atom is 0.228 e. The summed E-state index contributed by atoms with van der Waals surface area (Å²) in [5.74, 6) is 0.290. The van der Waals surface area contributed by atoms with Crippen molar-refractivity contribution in [2.75, 3.05) is 24.0 Å². The maximum atomic E-state index is 13.2. The van der Waals surface area contributed by atoms with Crippen molar-refractivity contribution in [1.29, 1.82) is 0 Å². The van der Waals surface area contributed by atoms with Gasteiger partial charge in [-0.3, -0.25) is 14.8 Å². The molecule has 108 valence electrons. The Morgan fingerprint density at radius 2 is 2.29 bits per heavy atom. The van der Waals surface area contributed by atoms with Crippen molar-refractivity contribution < 1.29 is 9.18 Å². The van der Waals surface area contributed by atoms with Crippen LogP contribution in [0.5, 0.6) is 0 Å². The minimum absolute atomic E-state index is 0.0244. The molecule has 2 aromatic heterocycles. The molecule has 2 rings (SSSR count). The SMILES string of the molecule is [B]c1nc(-c2cncc(F)c2)sc1N(C)C(=O)CCSC. The molecule has 2 aromatic rings. The number of hydrogen-bond donors (Lipinski definition) is 0. The molecule has 0 aliphatic heterocycles. The summed E-state index contributed by atoms with van der Waals surface area (Å²) < 4.78 is 13.2. The molecule has 0 aromatic carbocycles. The van der Waals surface area contributed by atoms with Gasteiger partial charge in [0, 0.05) is 36.6 Å². The third-order valence-electron chi connectivity index (χ3n) is 2.79. The van der Waals surface area contributed by atoms with Gasteiger partial charge in [0.05, 0.1) is 6.20 Å². The van der Waals surface area contributed by atoms with Crippen molar-refractivity contribution in [3.8, 4) is 10.6 Å². The molecule has 8 heteroatoms. The number of thioether (sulfide) groups is 1. The van der Waals surface area contributed by atoms with Crippen molar-refractivity contribution >= 4 is 47.4 Å². The van der Waals surface area contributed by atoms with E-state index in [0.717, 1.165) is 11.9 Å². The zero-order chi connectivity index (χ0) is 15.4. The van der Waals surface area contributed by atoms with E-state index in [1.165, 1.54) is 28.5 Å². The number of amides is 1. The second-order valence-corrected chi connectivity index (χ2v) is 6.26. The first-order valence-corrected chi connectivity index (χ1v) is 8.36. The fraction of sp³-hybridized carbons (Fsp3) is 0.308. The lowest BCUT2D eigenvalue weighted by Gasteiger charge is -2.15. The summed E-state index contributed by atoms with van der Waals surface area (Å²) >= 11 is 2.86. The van der Waals surface area contributed by atoms with Crippen molar-refractivity contribution in [2.45, 2.75) is 6.42 Å². The third-order valence-corrected chi connectivity index (χ3v) is 4.59. The Labute approximate surface area is 132 Å². The van der Waals surface area contributed by atoms with Crippen molar-refractivity contribution in [2.24, 2.45) is 0 Å². The highest BCUT2D eigenvalue weighted by Gasteiger charge is 2.17. The van der Waals surface area contributed by atoms with Crippen LogP contribution in [0.1, 0.15) is 6.42 Å². The Morgan fingerprint density at radius 3 is 2.95 bits per heavy atom. The average molecular weight is 321 g/mol. The van der Waals surface area contributed by atoms with E-state index in [9.17, 15) is 9.18 Å². The van der Waals surface area contributed by atoms with Crippen LogP contribution in [0.2, 0.25) is 0 Å². The van der Waals surface area contributed by atoms with Gasteiger partial charge < -0.3 is 4.90 Å². The fourth-order valence-corrected chi connectivity index (χ4v) is 3.01. The molecule has 2 radical (unpaired) electrons. The molecule has 2 heterocycles. The van der Waals surface area contributed by atoms with E-state index in [1.54, 1.807) is 18.8 Å². The van der Waals surface area contributed by atoms with Gasteiger partial charge >= 0.3 is 0 Å². The van der Waals surface area contributed by atoms with Crippen LogP contribution in [0.4, 0.5) is 9.39 Å². The second-order valence-electron chi connectivity index (χ2n) is 4.30. The smallest absolute Gasteiger partial charge is 0.228 e. The minimum Gasteiger partial charge on any atom is -0.306 e. The summed E-state index contributed by atoms with van der Waals surface area (Å²) in [6, 6.07) is 1.34. The van der Waals surface area contributed by atoms with Crippen LogP contribution in [-0.4, -0.2) is 42.8 Å². The van der Waals surface area contributed by atoms with E-state index < -0.39 is 5.82 Å². The van der Waals surface area contributed by atoms with Gasteiger partial charge in [0.2, 0.25) is 5.91 Å². The molecule has 1 amide bonds. The molecule has 0 N–H and O–H groups in total. The van der Waals surface area contributed by atoms with Crippen molar-refractivity contribution in [1.82, 2.24) is 9.97 Å². The van der Waals surface area contributed by atoms with Gasteiger partial charge in [-0.2, -0.15) is 11.8 Å². The van der Waals surface area contributed by atoms with Crippen LogP contribution >= 0.6 is 23.1 Å². The lowest BCUT2D eigenvalue weighted by atomic mass is 10.1. The number of halogens is 1. The normalized spacial score (nSPS) is 10.6. The zero-order valence-electron chi connectivity index (χ0n) is 11.7. The lowest BCUT2D eigenvalue weighted by Crippen LogP contribution is -2.29. The molecule has 21 heavy (non-hydrogen) atoms. The van der Waals surface area contributed by atoms with E-state index >= 15 is 0 Å². The average Bonchev–Trinajstić information content (AvgIpc) is 2.86. The molecular formula is C13H13BFN3OS2. The Hall–Kier alpha value is -1.41. The maximum absolute atomic E-state index is 13.2. The quantitative estimate of drug-likeness (QED) is 0.789. The van der Waals surface area contributed by atoms with Crippen LogP contribution in [0.3, 0.4) is 0 Å². The number of rotatable bonds is 5. The van der Waals surface area contributed by atoms with Crippen molar-refractivity contribution in [3.63, 3.8) is 0 Å². The summed E-state index contributed by atoms with van der Waals surface area (Å²) in [6.07, 6.45) is 5.02. The molecule has 0 aliphatic carbocycles. The second kappa shape index (κ2) is 7.04. The fourth-order valence-electron chi connectivity index (χ4n) is 1.69. The molecule has 0 spiro atoms. The first-order valence-electron chi connectivity index (χ1n) is 6.15. The molecule has 0 atom stereocenters. The topological polar surface area (TPSA) is 46.1 Å². The van der Waals surface area contributed by atoms with Crippen LogP contribution in [0, 0.1) is 5.82 Å². The zero-order valence-corrected chi connectivity index (χ0v) is 13.3. The molecule has 0 bridgehead atoms. The Balaban J connectivity index is 2.25. The van der Waals surface area contributed by atoms with E-state index in [-0.39, 0.29) is 11.5 Å². The molecular weight excluding hydrogens is 308 g/mol. The Bertz CT molecular complexity index is 650. The third kappa shape index (κ3) is 3.82. The number of carbonyl (C=O) groups excluding carboxylic acids is 1. The first-order chi connectivity index (χ1) is 10.0. The summed E-state index contributed by atoms with van der Waals surface area (Å²) in [6.45, 7) is 0. The van der Waals surface area contributed by atoms with Gasteiger partial charge in [0.1, 0.15) is 23.7 Å². The Morgan fingerprint density at radius 1 is 1.52 bits per heavy atom. The highest BCUT2D eigenvalue weighted by molar-refractivity contribution is 7.98. The van der Waals surface area contributed by atoms with Gasteiger partial charge in [0.25, 0.3) is 0 Å². The number of anilines is 1. The van der Waals surface area contributed by atoms with Crippen LogP contribution in [-0.2, 0) is 4.79 Å². The summed E-state index contributed by atoms with van der Waals surface area (Å²) in [5.41, 5.74) is 0.808. The summed E-state index contributed by atoms with van der Waals surface area (Å²) in [5, 5.41) is 1.11. The van der Waals surface area contributed by atoms with Crippen LogP contribution in [0.25, 0.3) is 10.6 Å². The highest BCUT2D eigenvalue weighted by atomic mass is 32.2. The number of nitrogens with zero attached hydrogens (tertiary/aromatic N) is 3. The largest absolute Gasteiger partial charge is 0.306 e. The molecule has 0 aliphatic rings. The van der Waals surface area contributed by atoms with E-state index in [1.807, 2.05) is 6.26 Å². The number of thiazole rings is 1. The highest BCUT2D eigenvalue weighted by Crippen LogP contribution is 2.28. The molecule has 0 unspecified atom stereocenters. The van der Waals surface area contributed by atoms with E-state index in [2.05, 4.69) is 9.97 Å². The standard InChI is InChI=1S/C13H13BFN3OS2/c1-18(10(19)3-4-20-2)13-11(14)17-12(21-13)8-5-9(15)7-16-6-8/h5-7H,3-4H2,1-2H3. The molecule has 0 saturated carbocycles. The van der Waals surface area contributed by atoms with Crippen LogP contribution < -0.4 is 10.5 Å². The monoisotopic (exact) mass is 321 g/mol. The number of carbonyl (C=O) groups is 1. The van der Waals surface area contributed by atoms with Crippen LogP contribution in [0.15, 0.2) is 18.5 Å². The number of hydrogen-bond acceptors (Lipinski definition) is 5. The first kappa shape index (κ1) is 16.0. The summed E-state index contributed by atoms with van der Waals surface area (Å²) in [4.78, 5) is 21.5. The summed E-state index contributed by atoms with van der Waals surface area (Å²) in [7, 11) is 7.54. The molecule has 0 saturated heterocycles. The Kier molecular flexibility index (Phi) is 5.36. The minimum atomic E-state index is -0.438. The molecule has 0 fully saturated rings. The van der Waals surface area contributed by atoms with Gasteiger partial charge in [-0.1, -0.05) is 11.3 Å². The van der Waals surface area contributed by atoms with Gasteiger partial charge in [-0.25, -0.2) is 4.39 Å². The predicted molar refractivity (Wildman–Crippen MR) is 87.1 cm³/mol. The van der Waals surface area contributed by atoms with Gasteiger partial charge in [0.15, 0.2) is 0 Å². The van der Waals surface area contributed by atoms with E-state index in [0.29, 0.717) is 22.0 Å². The van der Waals surface area contributed by atoms with Gasteiger partial charge in [-0.05, 0) is 12.3 Å². The number of aromatic nitrogens is 2. The van der Waals surface area contributed by atoms with Gasteiger partial charge in [-0.15, -0.1) is 0 Å². The lowest BCUT2D eigenvalue weighted by molar-refractivity contribution is -0.117. The predicted octanol–water partition coefficient (Wildman–Crippen LogP) is 1.85.